The summed E-state index contributed by atoms with van der Waals surface area (Å²) in [4.78, 5) is 16.8. The minimum Gasteiger partial charge on any atom is -0.339 e. The second-order valence-corrected chi connectivity index (χ2v) is 8.56. The predicted molar refractivity (Wildman–Crippen MR) is 95.7 cm³/mol. The fraction of sp³-hybridized carbons (Fsp3) is 0.588. The number of rotatable bonds is 4. The molecule has 1 aromatic carbocycles. The lowest BCUT2D eigenvalue weighted by Crippen LogP contribution is -2.56. The van der Waals surface area contributed by atoms with Crippen LogP contribution < -0.4 is 5.32 Å². The fourth-order valence-corrected chi connectivity index (χ4v) is 4.75. The molecule has 3 rings (SSSR count). The Labute approximate surface area is 149 Å². The molecule has 0 aromatic heterocycles. The molecule has 0 radical (unpaired) electrons. The average molecular weight is 366 g/mol. The van der Waals surface area contributed by atoms with Crippen molar-refractivity contribution in [3.8, 4) is 0 Å². The first-order valence-electron chi connectivity index (χ1n) is 8.76. The lowest BCUT2D eigenvalue weighted by atomic mass is 10.2. The number of hydrogen-bond acceptors (Lipinski definition) is 5. The molecule has 25 heavy (non-hydrogen) atoms. The highest BCUT2D eigenvalue weighted by Crippen LogP contribution is 2.17. The van der Waals surface area contributed by atoms with Gasteiger partial charge in [0.1, 0.15) is 0 Å². The summed E-state index contributed by atoms with van der Waals surface area (Å²) in [5.41, 5.74) is 0. The van der Waals surface area contributed by atoms with Gasteiger partial charge in [-0.25, -0.2) is 8.42 Å². The van der Waals surface area contributed by atoms with Crippen LogP contribution in [0.3, 0.4) is 0 Å². The highest BCUT2D eigenvalue weighted by atomic mass is 32.2. The minimum absolute atomic E-state index is 0.0884. The van der Waals surface area contributed by atoms with Crippen LogP contribution in [0.5, 0.6) is 0 Å². The normalized spacial score (nSPS) is 23.6. The van der Waals surface area contributed by atoms with E-state index in [1.54, 1.807) is 35.2 Å². The molecule has 7 nitrogen and oxygen atoms in total. The Morgan fingerprint density at radius 3 is 2.44 bits per heavy atom. The van der Waals surface area contributed by atoms with Crippen molar-refractivity contribution in [1.29, 1.82) is 0 Å². The molecule has 2 saturated heterocycles. The number of carbonyl (C=O) groups is 1. The van der Waals surface area contributed by atoms with Crippen LogP contribution in [0.2, 0.25) is 0 Å². The van der Waals surface area contributed by atoms with Gasteiger partial charge in [0.15, 0.2) is 0 Å². The zero-order valence-electron chi connectivity index (χ0n) is 14.6. The minimum atomic E-state index is -3.47. The molecule has 1 N–H and O–H groups in total. The zero-order chi connectivity index (χ0) is 17.9. The van der Waals surface area contributed by atoms with E-state index in [0.29, 0.717) is 43.7 Å². The molecule has 0 saturated carbocycles. The first-order chi connectivity index (χ1) is 12.0. The predicted octanol–water partition coefficient (Wildman–Crippen LogP) is -0.187. The fourth-order valence-electron chi connectivity index (χ4n) is 3.31. The number of benzene rings is 1. The maximum atomic E-state index is 12.6. The Morgan fingerprint density at radius 2 is 1.80 bits per heavy atom. The summed E-state index contributed by atoms with van der Waals surface area (Å²) in [6.07, 6.45) is 0. The first kappa shape index (κ1) is 18.3. The summed E-state index contributed by atoms with van der Waals surface area (Å²) in [5, 5.41) is 3.32. The second kappa shape index (κ2) is 7.82. The van der Waals surface area contributed by atoms with E-state index in [2.05, 4.69) is 17.1 Å². The lowest BCUT2D eigenvalue weighted by Gasteiger charge is -2.37. The van der Waals surface area contributed by atoms with E-state index in [9.17, 15) is 13.2 Å². The molecule has 1 atom stereocenters. The van der Waals surface area contributed by atoms with Gasteiger partial charge in [0, 0.05) is 51.9 Å². The van der Waals surface area contributed by atoms with Crippen molar-refractivity contribution < 1.29 is 13.2 Å². The zero-order valence-corrected chi connectivity index (χ0v) is 15.4. The van der Waals surface area contributed by atoms with Crippen molar-refractivity contribution in [2.75, 3.05) is 52.4 Å². The number of amides is 1. The average Bonchev–Trinajstić information content (AvgIpc) is 2.64. The second-order valence-electron chi connectivity index (χ2n) is 6.62. The van der Waals surface area contributed by atoms with E-state index in [1.165, 1.54) is 4.31 Å². The van der Waals surface area contributed by atoms with Crippen LogP contribution in [0.15, 0.2) is 35.2 Å². The van der Waals surface area contributed by atoms with Gasteiger partial charge in [-0.3, -0.25) is 9.69 Å². The molecule has 138 valence electrons. The van der Waals surface area contributed by atoms with Gasteiger partial charge in [0.05, 0.1) is 11.4 Å². The quantitative estimate of drug-likeness (QED) is 0.800. The molecule has 0 unspecified atom stereocenters. The SMILES string of the molecule is C[C@@H]1CNCCN1CC(=O)N1CCN(S(=O)(=O)c2ccccc2)CC1. The van der Waals surface area contributed by atoms with Crippen LogP contribution in [0.25, 0.3) is 0 Å². The smallest absolute Gasteiger partial charge is 0.243 e. The Bertz CT molecular complexity index is 687. The van der Waals surface area contributed by atoms with Gasteiger partial charge in [-0.2, -0.15) is 4.31 Å². The molecule has 8 heteroatoms. The third-order valence-electron chi connectivity index (χ3n) is 4.95. The van der Waals surface area contributed by atoms with E-state index in [0.717, 1.165) is 19.6 Å². The van der Waals surface area contributed by atoms with Gasteiger partial charge >= 0.3 is 0 Å². The molecule has 1 amide bonds. The van der Waals surface area contributed by atoms with Crippen LogP contribution in [0.1, 0.15) is 6.92 Å². The molecular formula is C17H26N4O3S. The van der Waals surface area contributed by atoms with Gasteiger partial charge in [-0.1, -0.05) is 18.2 Å². The molecule has 0 aliphatic carbocycles. The van der Waals surface area contributed by atoms with Crippen LogP contribution in [-0.4, -0.2) is 86.8 Å². The van der Waals surface area contributed by atoms with Crippen molar-refractivity contribution in [3.63, 3.8) is 0 Å². The maximum absolute atomic E-state index is 12.6. The number of sulfonamides is 1. The molecule has 2 fully saturated rings. The molecule has 2 aliphatic rings. The van der Waals surface area contributed by atoms with Crippen molar-refractivity contribution >= 4 is 15.9 Å². The van der Waals surface area contributed by atoms with E-state index >= 15 is 0 Å². The van der Waals surface area contributed by atoms with E-state index in [-0.39, 0.29) is 5.91 Å². The molecular weight excluding hydrogens is 340 g/mol. The number of piperazine rings is 2. The van der Waals surface area contributed by atoms with Crippen LogP contribution in [-0.2, 0) is 14.8 Å². The molecule has 0 bridgehead atoms. The standard InChI is InChI=1S/C17H26N4O3S/c1-15-13-18-7-8-20(15)14-17(22)19-9-11-21(12-10-19)25(23,24)16-5-3-2-4-6-16/h2-6,15,18H,7-14H2,1H3/t15-/m1/s1. The third kappa shape index (κ3) is 4.20. The summed E-state index contributed by atoms with van der Waals surface area (Å²) < 4.78 is 26.7. The first-order valence-corrected chi connectivity index (χ1v) is 10.2. The van der Waals surface area contributed by atoms with Crippen LogP contribution in [0, 0.1) is 0 Å². The summed E-state index contributed by atoms with van der Waals surface area (Å²) in [7, 11) is -3.47. The molecule has 1 aromatic rings. The van der Waals surface area contributed by atoms with Crippen molar-refractivity contribution in [1.82, 2.24) is 19.4 Å². The summed E-state index contributed by atoms with van der Waals surface area (Å²) in [6.45, 7) is 6.79. The van der Waals surface area contributed by atoms with E-state index < -0.39 is 10.0 Å². The summed E-state index contributed by atoms with van der Waals surface area (Å²) >= 11 is 0. The Kier molecular flexibility index (Phi) is 5.73. The third-order valence-corrected chi connectivity index (χ3v) is 6.86. The monoisotopic (exact) mass is 366 g/mol. The highest BCUT2D eigenvalue weighted by molar-refractivity contribution is 7.89. The topological polar surface area (TPSA) is 73.0 Å². The summed E-state index contributed by atoms with van der Waals surface area (Å²) in [6, 6.07) is 8.81. The van der Waals surface area contributed by atoms with Gasteiger partial charge in [0.25, 0.3) is 0 Å². The van der Waals surface area contributed by atoms with Crippen LogP contribution >= 0.6 is 0 Å². The number of nitrogens with zero attached hydrogens (tertiary/aromatic N) is 3. The van der Waals surface area contributed by atoms with Gasteiger partial charge in [0.2, 0.25) is 15.9 Å². The Hall–Kier alpha value is -1.48. The Morgan fingerprint density at radius 1 is 1.12 bits per heavy atom. The largest absolute Gasteiger partial charge is 0.339 e. The van der Waals surface area contributed by atoms with Crippen molar-refractivity contribution in [2.45, 2.75) is 17.9 Å². The van der Waals surface area contributed by atoms with Crippen LogP contribution in [0.4, 0.5) is 0 Å². The number of carbonyl (C=O) groups excluding carboxylic acids is 1. The van der Waals surface area contributed by atoms with E-state index in [4.69, 9.17) is 0 Å². The van der Waals surface area contributed by atoms with Gasteiger partial charge < -0.3 is 10.2 Å². The highest BCUT2D eigenvalue weighted by Gasteiger charge is 2.31. The summed E-state index contributed by atoms with van der Waals surface area (Å²) in [5.74, 6) is 0.0884. The van der Waals surface area contributed by atoms with Gasteiger partial charge in [-0.05, 0) is 19.1 Å². The van der Waals surface area contributed by atoms with Crippen molar-refractivity contribution in [2.24, 2.45) is 0 Å². The molecule has 2 aliphatic heterocycles. The number of nitrogens with one attached hydrogen (secondary N) is 1. The van der Waals surface area contributed by atoms with Crippen molar-refractivity contribution in [3.05, 3.63) is 30.3 Å². The molecule has 0 spiro atoms. The molecule has 2 heterocycles. The Balaban J connectivity index is 1.55. The van der Waals surface area contributed by atoms with E-state index in [1.807, 2.05) is 0 Å². The van der Waals surface area contributed by atoms with Gasteiger partial charge in [-0.15, -0.1) is 0 Å². The number of hydrogen-bond donors (Lipinski definition) is 1. The lowest BCUT2D eigenvalue weighted by molar-refractivity contribution is -0.134. The maximum Gasteiger partial charge on any atom is 0.243 e.